The summed E-state index contributed by atoms with van der Waals surface area (Å²) in [6.07, 6.45) is 0.753. The number of rotatable bonds is 5. The van der Waals surface area contributed by atoms with Gasteiger partial charge in [0.2, 0.25) is 15.9 Å². The minimum atomic E-state index is -3.92. The first-order valence-corrected chi connectivity index (χ1v) is 9.55. The molecule has 3 rings (SSSR count). The number of nitrogens with two attached hydrogens (primary N) is 1. The molecule has 0 saturated carbocycles. The van der Waals surface area contributed by atoms with Crippen molar-refractivity contribution < 1.29 is 22.7 Å². The summed E-state index contributed by atoms with van der Waals surface area (Å²) in [5, 5.41) is 5.28. The van der Waals surface area contributed by atoms with E-state index in [0.29, 0.717) is 30.8 Å². The normalized spacial score (nSPS) is 14.1. The van der Waals surface area contributed by atoms with E-state index in [1.807, 2.05) is 24.3 Å². The quantitative estimate of drug-likeness (QED) is 0.858. The van der Waals surface area contributed by atoms with E-state index in [-0.39, 0.29) is 16.6 Å². The Morgan fingerprint density at radius 3 is 2.54 bits per heavy atom. The summed E-state index contributed by atoms with van der Waals surface area (Å²) in [7, 11) is -0.971. The lowest BCUT2D eigenvalue weighted by Crippen LogP contribution is -2.34. The van der Waals surface area contributed by atoms with Gasteiger partial charge in [0, 0.05) is 12.5 Å². The third-order valence-corrected chi connectivity index (χ3v) is 5.28. The molecule has 1 amide bonds. The lowest BCUT2D eigenvalue weighted by atomic mass is 10.00. The topological polar surface area (TPSA) is 98.9 Å². The van der Waals surface area contributed by atoms with Gasteiger partial charge >= 0.3 is 0 Å². The van der Waals surface area contributed by atoms with Crippen molar-refractivity contribution in [2.24, 2.45) is 5.14 Å². The fourth-order valence-corrected chi connectivity index (χ4v) is 3.79. The first-order chi connectivity index (χ1) is 12.3. The Kier molecular flexibility index (Phi) is 4.88. The average Bonchev–Trinajstić information content (AvgIpc) is 2.62. The van der Waals surface area contributed by atoms with Crippen LogP contribution in [0.15, 0.2) is 41.3 Å². The zero-order valence-electron chi connectivity index (χ0n) is 14.6. The number of ether oxygens (including phenoxy) is 2. The van der Waals surface area contributed by atoms with Gasteiger partial charge in [0.05, 0.1) is 26.5 Å². The SMILES string of the molecule is COc1cccc(CN2C(=O)CCc3cc(S(N)(=O)=O)c(OC)cc32)c1. The maximum atomic E-state index is 12.5. The molecule has 8 heteroatoms. The van der Waals surface area contributed by atoms with Crippen molar-refractivity contribution >= 4 is 21.6 Å². The van der Waals surface area contributed by atoms with Crippen molar-refractivity contribution in [3.63, 3.8) is 0 Å². The first-order valence-electron chi connectivity index (χ1n) is 8.00. The summed E-state index contributed by atoms with van der Waals surface area (Å²) in [5.41, 5.74) is 2.28. The molecule has 2 N–H and O–H groups in total. The van der Waals surface area contributed by atoms with Crippen molar-refractivity contribution in [3.8, 4) is 11.5 Å². The van der Waals surface area contributed by atoms with E-state index in [0.717, 1.165) is 11.1 Å². The molecule has 0 atom stereocenters. The molecule has 1 aliphatic heterocycles. The fourth-order valence-electron chi connectivity index (χ4n) is 3.06. The molecule has 2 aromatic carbocycles. The van der Waals surface area contributed by atoms with Gasteiger partial charge in [-0.05, 0) is 35.7 Å². The highest BCUT2D eigenvalue weighted by Crippen LogP contribution is 2.36. The molecule has 138 valence electrons. The summed E-state index contributed by atoms with van der Waals surface area (Å²) in [5.74, 6) is 0.789. The Bertz CT molecular complexity index is 956. The molecular weight excluding hydrogens is 356 g/mol. The first kappa shape index (κ1) is 18.2. The Morgan fingerprint density at radius 2 is 1.88 bits per heavy atom. The van der Waals surface area contributed by atoms with Crippen molar-refractivity contribution in [2.45, 2.75) is 24.3 Å². The van der Waals surface area contributed by atoms with E-state index in [4.69, 9.17) is 14.6 Å². The Balaban J connectivity index is 2.05. The molecule has 0 spiro atoms. The van der Waals surface area contributed by atoms with Crippen LogP contribution in [0.4, 0.5) is 5.69 Å². The van der Waals surface area contributed by atoms with Gasteiger partial charge in [-0.3, -0.25) is 4.79 Å². The Hall–Kier alpha value is -2.58. The van der Waals surface area contributed by atoms with Gasteiger partial charge in [-0.2, -0.15) is 0 Å². The van der Waals surface area contributed by atoms with E-state index in [1.54, 1.807) is 18.1 Å². The second-order valence-electron chi connectivity index (χ2n) is 6.01. The summed E-state index contributed by atoms with van der Waals surface area (Å²) in [6, 6.07) is 10.5. The Morgan fingerprint density at radius 1 is 1.12 bits per heavy atom. The number of benzene rings is 2. The number of nitrogens with zero attached hydrogens (tertiary/aromatic N) is 1. The zero-order valence-corrected chi connectivity index (χ0v) is 15.4. The number of fused-ring (bicyclic) bond motifs is 1. The van der Waals surface area contributed by atoms with E-state index in [1.165, 1.54) is 13.2 Å². The minimum absolute atomic E-state index is 0.0364. The molecule has 26 heavy (non-hydrogen) atoms. The number of hydrogen-bond acceptors (Lipinski definition) is 5. The lowest BCUT2D eigenvalue weighted by Gasteiger charge is -2.30. The number of hydrogen-bond donors (Lipinski definition) is 1. The van der Waals surface area contributed by atoms with Gasteiger partial charge in [-0.1, -0.05) is 12.1 Å². The molecule has 0 bridgehead atoms. The predicted molar refractivity (Wildman–Crippen MR) is 96.9 cm³/mol. The number of methoxy groups -OCH3 is 2. The smallest absolute Gasteiger partial charge is 0.241 e. The van der Waals surface area contributed by atoms with Crippen LogP contribution >= 0.6 is 0 Å². The molecule has 0 unspecified atom stereocenters. The van der Waals surface area contributed by atoms with E-state index >= 15 is 0 Å². The van der Waals surface area contributed by atoms with Crippen LogP contribution in [-0.4, -0.2) is 28.5 Å². The van der Waals surface area contributed by atoms with Crippen LogP contribution in [0.1, 0.15) is 17.5 Å². The molecular formula is C18H20N2O5S. The van der Waals surface area contributed by atoms with Crippen LogP contribution in [0.2, 0.25) is 0 Å². The van der Waals surface area contributed by atoms with Crippen LogP contribution in [0, 0.1) is 0 Å². The summed E-state index contributed by atoms with van der Waals surface area (Å²) >= 11 is 0. The minimum Gasteiger partial charge on any atom is -0.497 e. The molecule has 1 heterocycles. The summed E-state index contributed by atoms with van der Waals surface area (Å²) in [6.45, 7) is 0.348. The van der Waals surface area contributed by atoms with Gasteiger partial charge in [0.15, 0.2) is 0 Å². The Labute approximate surface area is 152 Å². The van der Waals surface area contributed by atoms with Gasteiger partial charge in [-0.25, -0.2) is 13.6 Å². The van der Waals surface area contributed by atoms with Crippen LogP contribution in [0.25, 0.3) is 0 Å². The second kappa shape index (κ2) is 6.97. The van der Waals surface area contributed by atoms with Crippen molar-refractivity contribution in [1.29, 1.82) is 0 Å². The molecule has 0 aromatic heterocycles. The highest BCUT2D eigenvalue weighted by atomic mass is 32.2. The number of primary sulfonamides is 1. The maximum Gasteiger partial charge on any atom is 0.241 e. The predicted octanol–water partition coefficient (Wildman–Crippen LogP) is 1.83. The molecule has 7 nitrogen and oxygen atoms in total. The van der Waals surface area contributed by atoms with Gasteiger partial charge < -0.3 is 14.4 Å². The van der Waals surface area contributed by atoms with Gasteiger partial charge in [0.1, 0.15) is 16.4 Å². The van der Waals surface area contributed by atoms with Crippen molar-refractivity contribution in [1.82, 2.24) is 0 Å². The zero-order chi connectivity index (χ0) is 18.9. The molecule has 0 radical (unpaired) electrons. The van der Waals surface area contributed by atoms with Gasteiger partial charge in [0.25, 0.3) is 0 Å². The second-order valence-corrected chi connectivity index (χ2v) is 7.54. The summed E-state index contributed by atoms with van der Waals surface area (Å²) < 4.78 is 34.0. The molecule has 1 aliphatic rings. The van der Waals surface area contributed by atoms with Crippen molar-refractivity contribution in [2.75, 3.05) is 19.1 Å². The van der Waals surface area contributed by atoms with E-state index in [2.05, 4.69) is 0 Å². The third kappa shape index (κ3) is 3.51. The number of amides is 1. The number of anilines is 1. The average molecular weight is 376 g/mol. The number of aryl methyl sites for hydroxylation is 1. The van der Waals surface area contributed by atoms with Crippen LogP contribution in [-0.2, 0) is 27.8 Å². The van der Waals surface area contributed by atoms with Crippen molar-refractivity contribution in [3.05, 3.63) is 47.5 Å². The molecule has 0 aliphatic carbocycles. The number of carbonyl (C=O) groups excluding carboxylic acids is 1. The lowest BCUT2D eigenvalue weighted by molar-refractivity contribution is -0.119. The maximum absolute atomic E-state index is 12.5. The van der Waals surface area contributed by atoms with Crippen LogP contribution in [0.5, 0.6) is 11.5 Å². The molecule has 0 fully saturated rings. The van der Waals surface area contributed by atoms with Crippen LogP contribution in [0.3, 0.4) is 0 Å². The third-order valence-electron chi connectivity index (χ3n) is 4.35. The standard InChI is InChI=1S/C18H20N2O5S/c1-24-14-5-3-4-12(8-14)11-20-15-10-16(25-2)17(26(19,22)23)9-13(15)6-7-18(20)21/h3-5,8-10H,6-7,11H2,1-2H3,(H2,19,22,23). The molecule has 2 aromatic rings. The molecule has 0 saturated heterocycles. The van der Waals surface area contributed by atoms with E-state index in [9.17, 15) is 13.2 Å². The highest BCUT2D eigenvalue weighted by Gasteiger charge is 2.28. The highest BCUT2D eigenvalue weighted by molar-refractivity contribution is 7.89. The monoisotopic (exact) mass is 376 g/mol. The fraction of sp³-hybridized carbons (Fsp3) is 0.278. The van der Waals surface area contributed by atoms with Gasteiger partial charge in [-0.15, -0.1) is 0 Å². The largest absolute Gasteiger partial charge is 0.497 e. The van der Waals surface area contributed by atoms with E-state index < -0.39 is 10.0 Å². The number of carbonyl (C=O) groups is 1. The van der Waals surface area contributed by atoms with Crippen LogP contribution < -0.4 is 19.5 Å². The number of sulfonamides is 1. The summed E-state index contributed by atoms with van der Waals surface area (Å²) in [4.78, 5) is 14.1.